The molecule has 0 heterocycles. The molecule has 0 bridgehead atoms. The number of hydrogen-bond acceptors (Lipinski definition) is 4. The molecule has 13 heavy (non-hydrogen) atoms. The zero-order chi connectivity index (χ0) is 10.6. The zero-order valence-corrected chi connectivity index (χ0v) is 9.75. The van der Waals surface area contributed by atoms with E-state index in [2.05, 4.69) is 0 Å². The predicted molar refractivity (Wildman–Crippen MR) is 51.7 cm³/mol. The van der Waals surface area contributed by atoms with Gasteiger partial charge in [-0.2, -0.15) is 0 Å². The van der Waals surface area contributed by atoms with E-state index in [-0.39, 0.29) is 12.2 Å². The SMILES string of the molecule is CC(C)OP(=O)(OC(C)C)C(C)O. The molecule has 0 aliphatic heterocycles. The molecule has 0 saturated heterocycles. The summed E-state index contributed by atoms with van der Waals surface area (Å²) in [4.78, 5) is 0. The largest absolute Gasteiger partial charge is 0.381 e. The van der Waals surface area contributed by atoms with Crippen molar-refractivity contribution in [2.24, 2.45) is 0 Å². The average Bonchev–Trinajstić information content (AvgIpc) is 1.82. The van der Waals surface area contributed by atoms with E-state index in [4.69, 9.17) is 9.05 Å². The molecule has 1 atom stereocenters. The number of hydrogen-bond donors (Lipinski definition) is 1. The summed E-state index contributed by atoms with van der Waals surface area (Å²) in [5.41, 5.74) is 0. The van der Waals surface area contributed by atoms with Crippen LogP contribution in [0.25, 0.3) is 0 Å². The lowest BCUT2D eigenvalue weighted by molar-refractivity contribution is 0.106. The van der Waals surface area contributed by atoms with E-state index in [1.165, 1.54) is 6.92 Å². The first-order valence-corrected chi connectivity index (χ1v) is 6.03. The van der Waals surface area contributed by atoms with E-state index in [9.17, 15) is 9.67 Å². The summed E-state index contributed by atoms with van der Waals surface area (Å²) in [6.45, 7) is 8.40. The van der Waals surface area contributed by atoms with Gasteiger partial charge in [-0.25, -0.2) is 0 Å². The van der Waals surface area contributed by atoms with Crippen LogP contribution in [0.5, 0.6) is 0 Å². The monoisotopic (exact) mass is 210 g/mol. The molecule has 4 nitrogen and oxygen atoms in total. The fraction of sp³-hybridized carbons (Fsp3) is 1.00. The van der Waals surface area contributed by atoms with E-state index in [0.29, 0.717) is 0 Å². The fourth-order valence-electron chi connectivity index (χ4n) is 0.789. The first-order valence-electron chi connectivity index (χ1n) is 4.42. The quantitative estimate of drug-likeness (QED) is 0.708. The summed E-state index contributed by atoms with van der Waals surface area (Å²) in [6.07, 6.45) is -0.446. The van der Waals surface area contributed by atoms with E-state index in [1.807, 2.05) is 0 Å². The summed E-state index contributed by atoms with van der Waals surface area (Å²) >= 11 is 0. The third kappa shape index (κ3) is 4.77. The van der Waals surface area contributed by atoms with E-state index >= 15 is 0 Å². The summed E-state index contributed by atoms with van der Waals surface area (Å²) < 4.78 is 22.0. The maximum atomic E-state index is 11.8. The Morgan fingerprint density at radius 3 is 1.46 bits per heavy atom. The highest BCUT2D eigenvalue weighted by molar-refractivity contribution is 7.54. The summed E-state index contributed by atoms with van der Waals surface area (Å²) in [7, 11) is -3.35. The lowest BCUT2D eigenvalue weighted by Gasteiger charge is -2.24. The van der Waals surface area contributed by atoms with Crippen molar-refractivity contribution in [1.29, 1.82) is 0 Å². The van der Waals surface area contributed by atoms with Gasteiger partial charge in [-0.15, -0.1) is 0 Å². The standard InChI is InChI=1S/C8H19O4P/c1-6(2)11-13(10,8(5)9)12-7(3)4/h6-9H,1-5H3. The molecule has 5 heteroatoms. The van der Waals surface area contributed by atoms with Gasteiger partial charge in [0.2, 0.25) is 0 Å². The normalized spacial score (nSPS) is 15.4. The Balaban J connectivity index is 4.45. The van der Waals surface area contributed by atoms with Gasteiger partial charge < -0.3 is 14.2 Å². The highest BCUT2D eigenvalue weighted by atomic mass is 31.2. The van der Waals surface area contributed by atoms with Crippen molar-refractivity contribution in [2.45, 2.75) is 52.7 Å². The van der Waals surface area contributed by atoms with Crippen molar-refractivity contribution in [3.63, 3.8) is 0 Å². The second-order valence-electron chi connectivity index (χ2n) is 3.48. The van der Waals surface area contributed by atoms with Crippen LogP contribution < -0.4 is 0 Å². The minimum Gasteiger partial charge on any atom is -0.381 e. The molecule has 0 aliphatic carbocycles. The summed E-state index contributed by atoms with van der Waals surface area (Å²) in [5, 5.41) is 9.26. The van der Waals surface area contributed by atoms with Gasteiger partial charge in [0, 0.05) is 0 Å². The van der Waals surface area contributed by atoms with Gasteiger partial charge in [-0.1, -0.05) is 0 Å². The Kier molecular flexibility index (Phi) is 5.15. The van der Waals surface area contributed by atoms with Crippen molar-refractivity contribution in [3.8, 4) is 0 Å². The molecule has 0 aromatic rings. The van der Waals surface area contributed by atoms with Crippen molar-refractivity contribution in [2.75, 3.05) is 0 Å². The molecule has 1 unspecified atom stereocenters. The van der Waals surface area contributed by atoms with E-state index in [1.54, 1.807) is 27.7 Å². The maximum absolute atomic E-state index is 11.8. The Morgan fingerprint density at radius 1 is 1.00 bits per heavy atom. The molecule has 80 valence electrons. The molecule has 0 amide bonds. The van der Waals surface area contributed by atoms with Crippen LogP contribution in [0, 0.1) is 0 Å². The second kappa shape index (κ2) is 5.11. The van der Waals surface area contributed by atoms with Gasteiger partial charge in [-0.05, 0) is 34.6 Å². The van der Waals surface area contributed by atoms with Crippen molar-refractivity contribution in [3.05, 3.63) is 0 Å². The highest BCUT2D eigenvalue weighted by Crippen LogP contribution is 2.53. The molecule has 0 aliphatic rings. The van der Waals surface area contributed by atoms with Crippen molar-refractivity contribution < 1.29 is 18.7 Å². The molecule has 1 N–H and O–H groups in total. The van der Waals surface area contributed by atoms with Crippen LogP contribution in [0.4, 0.5) is 0 Å². The maximum Gasteiger partial charge on any atom is 0.359 e. The lowest BCUT2D eigenvalue weighted by Crippen LogP contribution is -2.15. The summed E-state index contributed by atoms with van der Waals surface area (Å²) in [5.74, 6) is -1.09. The van der Waals surface area contributed by atoms with Crippen LogP contribution in [0.1, 0.15) is 34.6 Å². The van der Waals surface area contributed by atoms with E-state index < -0.39 is 13.4 Å². The molecular weight excluding hydrogens is 191 g/mol. The average molecular weight is 210 g/mol. The predicted octanol–water partition coefficient (Wildman–Crippen LogP) is 2.37. The minimum absolute atomic E-state index is 0.223. The third-order valence-corrected chi connectivity index (χ3v) is 3.52. The van der Waals surface area contributed by atoms with Crippen molar-refractivity contribution in [1.82, 2.24) is 0 Å². The van der Waals surface area contributed by atoms with Crippen LogP contribution >= 0.6 is 7.60 Å². The van der Waals surface area contributed by atoms with Gasteiger partial charge in [-0.3, -0.25) is 4.57 Å². The lowest BCUT2D eigenvalue weighted by atomic mass is 10.5. The molecule has 0 fully saturated rings. The zero-order valence-electron chi connectivity index (χ0n) is 8.85. The van der Waals surface area contributed by atoms with Gasteiger partial charge in [0.25, 0.3) is 0 Å². The Hall–Kier alpha value is 0.110. The summed E-state index contributed by atoms with van der Waals surface area (Å²) in [6, 6.07) is 0. The Bertz CT molecular complexity index is 175. The van der Waals surface area contributed by atoms with Crippen LogP contribution in [0.15, 0.2) is 0 Å². The molecule has 0 aromatic heterocycles. The Morgan fingerprint density at radius 2 is 1.31 bits per heavy atom. The van der Waals surface area contributed by atoms with Crippen molar-refractivity contribution >= 4 is 7.60 Å². The molecule has 0 saturated carbocycles. The molecule has 0 radical (unpaired) electrons. The molecule has 0 spiro atoms. The topological polar surface area (TPSA) is 55.8 Å². The number of aliphatic hydroxyl groups excluding tert-OH is 1. The van der Waals surface area contributed by atoms with Crippen LogP contribution in [0.3, 0.4) is 0 Å². The van der Waals surface area contributed by atoms with Crippen LogP contribution in [-0.4, -0.2) is 23.2 Å². The molecular formula is C8H19O4P. The Labute approximate surface area is 79.8 Å². The fourth-order valence-corrected chi connectivity index (χ4v) is 2.37. The number of aliphatic hydroxyl groups is 1. The highest BCUT2D eigenvalue weighted by Gasteiger charge is 2.33. The van der Waals surface area contributed by atoms with Crippen LogP contribution in [-0.2, 0) is 13.6 Å². The van der Waals surface area contributed by atoms with Gasteiger partial charge >= 0.3 is 7.60 Å². The van der Waals surface area contributed by atoms with Gasteiger partial charge in [0.05, 0.1) is 12.2 Å². The van der Waals surface area contributed by atoms with Gasteiger partial charge in [0.15, 0.2) is 5.85 Å². The minimum atomic E-state index is -3.35. The molecule has 0 rings (SSSR count). The van der Waals surface area contributed by atoms with E-state index in [0.717, 1.165) is 0 Å². The van der Waals surface area contributed by atoms with Crippen LogP contribution in [0.2, 0.25) is 0 Å². The van der Waals surface area contributed by atoms with Gasteiger partial charge in [0.1, 0.15) is 0 Å². The number of rotatable bonds is 5. The first-order chi connectivity index (χ1) is 5.78. The smallest absolute Gasteiger partial charge is 0.359 e. The second-order valence-corrected chi connectivity index (χ2v) is 5.73. The molecule has 0 aromatic carbocycles. The first kappa shape index (κ1) is 13.1. The third-order valence-electron chi connectivity index (χ3n) is 1.17.